The summed E-state index contributed by atoms with van der Waals surface area (Å²) >= 11 is 0. The van der Waals surface area contributed by atoms with Crippen molar-refractivity contribution < 1.29 is 23.5 Å². The van der Waals surface area contributed by atoms with Gasteiger partial charge in [0.15, 0.2) is 0 Å². The number of hydrogen-bond acceptors (Lipinski definition) is 4. The minimum atomic E-state index is -0.599. The Morgan fingerprint density at radius 2 is 1.77 bits per heavy atom. The van der Waals surface area contributed by atoms with Crippen molar-refractivity contribution in [3.05, 3.63) is 59.4 Å². The number of esters is 1. The average molecular weight is 426 g/mol. The van der Waals surface area contributed by atoms with Crippen molar-refractivity contribution in [2.24, 2.45) is 0 Å². The number of methoxy groups -OCH3 is 1. The van der Waals surface area contributed by atoms with Crippen LogP contribution in [0.5, 0.6) is 0 Å². The van der Waals surface area contributed by atoms with Crippen molar-refractivity contribution >= 4 is 17.8 Å². The third-order valence-electron chi connectivity index (χ3n) is 5.79. The van der Waals surface area contributed by atoms with E-state index < -0.39 is 11.8 Å². The minimum Gasteiger partial charge on any atom is -0.465 e. The number of carbonyl (C=O) groups excluding carboxylic acids is 3. The lowest BCUT2D eigenvalue weighted by Crippen LogP contribution is -2.38. The molecule has 1 aliphatic carbocycles. The van der Waals surface area contributed by atoms with Crippen LogP contribution < -0.4 is 5.32 Å². The second-order valence-corrected chi connectivity index (χ2v) is 7.76. The van der Waals surface area contributed by atoms with Gasteiger partial charge in [-0.05, 0) is 49.1 Å². The van der Waals surface area contributed by atoms with E-state index in [1.165, 1.54) is 19.2 Å². The fourth-order valence-electron chi connectivity index (χ4n) is 3.93. The van der Waals surface area contributed by atoms with E-state index in [9.17, 15) is 18.8 Å². The molecule has 2 atom stereocenters. The molecule has 0 spiro atoms. The van der Waals surface area contributed by atoms with Gasteiger partial charge < -0.3 is 15.0 Å². The maximum Gasteiger partial charge on any atom is 0.337 e. The second kappa shape index (κ2) is 9.73. The van der Waals surface area contributed by atoms with E-state index >= 15 is 0 Å². The van der Waals surface area contributed by atoms with Gasteiger partial charge in [0, 0.05) is 36.7 Å². The van der Waals surface area contributed by atoms with Gasteiger partial charge in [-0.3, -0.25) is 9.59 Å². The number of hydrogen-bond donors (Lipinski definition) is 1. The van der Waals surface area contributed by atoms with Crippen molar-refractivity contribution in [3.63, 3.8) is 0 Å². The summed E-state index contributed by atoms with van der Waals surface area (Å²) in [5.74, 6) is -1.22. The molecule has 1 N–H and O–H groups in total. The number of amides is 2. The monoisotopic (exact) mass is 426 g/mol. The molecule has 2 aromatic carbocycles. The van der Waals surface area contributed by atoms with Crippen molar-refractivity contribution in [1.29, 1.82) is 0 Å². The lowest BCUT2D eigenvalue weighted by atomic mass is 10.0. The van der Waals surface area contributed by atoms with E-state index in [0.717, 1.165) is 25.3 Å². The predicted octanol–water partition coefficient (Wildman–Crippen LogP) is 3.80. The van der Waals surface area contributed by atoms with Crippen LogP contribution in [0.15, 0.2) is 42.5 Å². The molecule has 2 aromatic rings. The smallest absolute Gasteiger partial charge is 0.337 e. The second-order valence-electron chi connectivity index (χ2n) is 7.76. The summed E-state index contributed by atoms with van der Waals surface area (Å²) in [5, 5.41) is 3.00. The van der Waals surface area contributed by atoms with Crippen LogP contribution in [0.25, 0.3) is 11.1 Å². The number of carbonyl (C=O) groups is 3. The summed E-state index contributed by atoms with van der Waals surface area (Å²) in [6, 6.07) is 11.1. The topological polar surface area (TPSA) is 75.7 Å². The Morgan fingerprint density at radius 3 is 2.39 bits per heavy atom. The summed E-state index contributed by atoms with van der Waals surface area (Å²) in [5.41, 5.74) is 1.60. The van der Waals surface area contributed by atoms with Crippen LogP contribution in [0.1, 0.15) is 53.3 Å². The number of rotatable bonds is 6. The molecule has 0 saturated heterocycles. The van der Waals surface area contributed by atoms with Crippen LogP contribution in [0.2, 0.25) is 0 Å². The Kier molecular flexibility index (Phi) is 7.05. The highest BCUT2D eigenvalue weighted by Gasteiger charge is 2.30. The molecule has 7 heteroatoms. The molecular weight excluding hydrogens is 399 g/mol. The molecule has 1 saturated carbocycles. The van der Waals surface area contributed by atoms with Crippen LogP contribution in [0, 0.1) is 5.82 Å². The zero-order chi connectivity index (χ0) is 22.5. The molecule has 0 radical (unpaired) electrons. The molecule has 3 rings (SSSR count). The fraction of sp³-hybridized carbons (Fsp3) is 0.375. The molecule has 0 aromatic heterocycles. The highest BCUT2D eigenvalue weighted by molar-refractivity contribution is 5.95. The van der Waals surface area contributed by atoms with Crippen molar-refractivity contribution in [1.82, 2.24) is 10.2 Å². The maximum atomic E-state index is 14.5. The molecule has 31 heavy (non-hydrogen) atoms. The van der Waals surface area contributed by atoms with Gasteiger partial charge >= 0.3 is 5.97 Å². The van der Waals surface area contributed by atoms with Crippen molar-refractivity contribution in [3.8, 4) is 11.1 Å². The molecule has 6 nitrogen and oxygen atoms in total. The first-order chi connectivity index (χ1) is 14.8. The van der Waals surface area contributed by atoms with Crippen LogP contribution >= 0.6 is 0 Å². The van der Waals surface area contributed by atoms with Crippen molar-refractivity contribution in [2.75, 3.05) is 14.2 Å². The molecule has 1 fully saturated rings. The Balaban J connectivity index is 1.68. The Bertz CT molecular complexity index is 974. The molecular formula is C24H27FN2O4. The predicted molar refractivity (Wildman–Crippen MR) is 115 cm³/mol. The number of nitrogens with one attached hydrogen (secondary N) is 1. The zero-order valence-electron chi connectivity index (χ0n) is 18.0. The summed E-state index contributed by atoms with van der Waals surface area (Å²) < 4.78 is 19.1. The lowest BCUT2D eigenvalue weighted by Gasteiger charge is -2.25. The quantitative estimate of drug-likeness (QED) is 0.713. The van der Waals surface area contributed by atoms with E-state index in [1.54, 1.807) is 36.2 Å². The van der Waals surface area contributed by atoms with E-state index in [-0.39, 0.29) is 29.5 Å². The SMILES string of the molecule is CCC(=O)NC1CCC(N(C)C(=O)c2ccc(-c3ccc(C(=O)OC)cc3F)cc2)C1. The fourth-order valence-corrected chi connectivity index (χ4v) is 3.93. The van der Waals surface area contributed by atoms with Gasteiger partial charge in [0.2, 0.25) is 5.91 Å². The summed E-state index contributed by atoms with van der Waals surface area (Å²) in [6.45, 7) is 1.82. The summed E-state index contributed by atoms with van der Waals surface area (Å²) in [7, 11) is 3.02. The van der Waals surface area contributed by atoms with Gasteiger partial charge in [-0.1, -0.05) is 25.1 Å². The Labute approximate surface area is 181 Å². The minimum absolute atomic E-state index is 0.0297. The van der Waals surface area contributed by atoms with E-state index in [2.05, 4.69) is 10.1 Å². The standard InChI is InChI=1S/C24H27FN2O4/c1-4-22(28)26-18-10-11-19(14-18)27(2)23(29)16-7-5-15(6-8-16)20-12-9-17(13-21(20)25)24(30)31-3/h5-9,12-13,18-19H,4,10-11,14H2,1-3H3,(H,26,28). The van der Waals surface area contributed by atoms with Gasteiger partial charge in [-0.25, -0.2) is 9.18 Å². The number of benzene rings is 2. The molecule has 2 amide bonds. The lowest BCUT2D eigenvalue weighted by molar-refractivity contribution is -0.121. The van der Waals surface area contributed by atoms with E-state index in [4.69, 9.17) is 0 Å². The molecule has 0 bridgehead atoms. The largest absolute Gasteiger partial charge is 0.465 e. The molecule has 0 aliphatic heterocycles. The molecule has 1 aliphatic rings. The molecule has 2 unspecified atom stereocenters. The number of ether oxygens (including phenoxy) is 1. The van der Waals surface area contributed by atoms with Crippen LogP contribution in [0.4, 0.5) is 4.39 Å². The number of nitrogens with zero attached hydrogens (tertiary/aromatic N) is 1. The van der Waals surface area contributed by atoms with Crippen LogP contribution in [-0.4, -0.2) is 48.9 Å². The highest BCUT2D eigenvalue weighted by atomic mass is 19.1. The highest BCUT2D eigenvalue weighted by Crippen LogP contribution is 2.27. The van der Waals surface area contributed by atoms with Crippen LogP contribution in [-0.2, 0) is 9.53 Å². The van der Waals surface area contributed by atoms with Gasteiger partial charge in [0.05, 0.1) is 12.7 Å². The third kappa shape index (κ3) is 5.10. The number of halogens is 1. The Morgan fingerprint density at radius 1 is 1.10 bits per heavy atom. The first-order valence-electron chi connectivity index (χ1n) is 10.4. The van der Waals surface area contributed by atoms with Gasteiger partial charge in [0.1, 0.15) is 5.82 Å². The molecule has 0 heterocycles. The molecule has 164 valence electrons. The Hall–Kier alpha value is -3.22. The zero-order valence-corrected chi connectivity index (χ0v) is 18.0. The van der Waals surface area contributed by atoms with Gasteiger partial charge in [0.25, 0.3) is 5.91 Å². The first-order valence-corrected chi connectivity index (χ1v) is 10.4. The first kappa shape index (κ1) is 22.5. The van der Waals surface area contributed by atoms with Crippen molar-refractivity contribution in [2.45, 2.75) is 44.7 Å². The summed E-state index contributed by atoms with van der Waals surface area (Å²) in [6.07, 6.45) is 2.89. The van der Waals surface area contributed by atoms with E-state index in [1.807, 2.05) is 6.92 Å². The van der Waals surface area contributed by atoms with Gasteiger partial charge in [-0.2, -0.15) is 0 Å². The van der Waals surface area contributed by atoms with Gasteiger partial charge in [-0.15, -0.1) is 0 Å². The average Bonchev–Trinajstić information content (AvgIpc) is 3.25. The van der Waals surface area contributed by atoms with Crippen LogP contribution in [0.3, 0.4) is 0 Å². The normalized spacial score (nSPS) is 17.8. The maximum absolute atomic E-state index is 14.5. The van der Waals surface area contributed by atoms with E-state index in [0.29, 0.717) is 23.1 Å². The third-order valence-corrected chi connectivity index (χ3v) is 5.79. The summed E-state index contributed by atoms with van der Waals surface area (Å²) in [4.78, 5) is 37.8.